The van der Waals surface area contributed by atoms with Gasteiger partial charge in [0, 0.05) is 12.6 Å². The van der Waals surface area contributed by atoms with Crippen LogP contribution in [0.15, 0.2) is 29.2 Å². The monoisotopic (exact) mass is 284 g/mol. The molecule has 0 amide bonds. The van der Waals surface area contributed by atoms with Crippen LogP contribution < -0.4 is 10.0 Å². The van der Waals surface area contributed by atoms with E-state index >= 15 is 0 Å². The Balaban J connectivity index is 2.22. The zero-order valence-corrected chi connectivity index (χ0v) is 11.4. The van der Waals surface area contributed by atoms with E-state index in [1.165, 1.54) is 31.4 Å². The van der Waals surface area contributed by atoms with Crippen LogP contribution in [0.5, 0.6) is 0 Å². The smallest absolute Gasteiger partial charge is 0.337 e. The number of carbonyl (C=O) groups excluding carboxylic acids is 1. The number of sulfonamides is 1. The average Bonchev–Trinajstić information content (AvgIpc) is 2.90. The van der Waals surface area contributed by atoms with Gasteiger partial charge in [0.15, 0.2) is 0 Å². The molecule has 6 nitrogen and oxygen atoms in total. The van der Waals surface area contributed by atoms with Gasteiger partial charge in [0.25, 0.3) is 0 Å². The Bertz CT molecular complexity index is 565. The molecule has 1 aliphatic heterocycles. The molecule has 1 aromatic carbocycles. The van der Waals surface area contributed by atoms with E-state index in [9.17, 15) is 13.2 Å². The Morgan fingerprint density at radius 2 is 2.26 bits per heavy atom. The zero-order chi connectivity index (χ0) is 13.9. The van der Waals surface area contributed by atoms with Crippen molar-refractivity contribution in [2.45, 2.75) is 17.4 Å². The number of rotatable bonds is 4. The maximum Gasteiger partial charge on any atom is 0.337 e. The number of carbonyl (C=O) groups is 1. The molecular formula is C12H16N2O4S. The van der Waals surface area contributed by atoms with Gasteiger partial charge in [-0.15, -0.1) is 0 Å². The van der Waals surface area contributed by atoms with Crippen molar-refractivity contribution < 1.29 is 17.9 Å². The second-order valence-electron chi connectivity index (χ2n) is 4.33. The SMILES string of the molecule is COC(=O)c1cccc(S(=O)(=O)N[C@@H]2CCNC2)c1. The van der Waals surface area contributed by atoms with E-state index < -0.39 is 16.0 Å². The zero-order valence-electron chi connectivity index (χ0n) is 10.5. The van der Waals surface area contributed by atoms with Crippen LogP contribution in [0.1, 0.15) is 16.8 Å². The fraction of sp³-hybridized carbons (Fsp3) is 0.417. The number of hydrogen-bond acceptors (Lipinski definition) is 5. The average molecular weight is 284 g/mol. The molecule has 7 heteroatoms. The van der Waals surface area contributed by atoms with Gasteiger partial charge >= 0.3 is 5.97 Å². The molecule has 0 aliphatic carbocycles. The maximum atomic E-state index is 12.2. The van der Waals surface area contributed by atoms with E-state index in [1.54, 1.807) is 0 Å². The van der Waals surface area contributed by atoms with Crippen molar-refractivity contribution in [3.63, 3.8) is 0 Å². The molecule has 2 rings (SSSR count). The molecule has 0 radical (unpaired) electrons. The second-order valence-corrected chi connectivity index (χ2v) is 6.04. The van der Waals surface area contributed by atoms with Crippen molar-refractivity contribution in [1.29, 1.82) is 0 Å². The van der Waals surface area contributed by atoms with E-state index in [0.717, 1.165) is 13.0 Å². The van der Waals surface area contributed by atoms with Crippen LogP contribution in [0.3, 0.4) is 0 Å². The topological polar surface area (TPSA) is 84.5 Å². The van der Waals surface area contributed by atoms with Crippen molar-refractivity contribution >= 4 is 16.0 Å². The van der Waals surface area contributed by atoms with Crippen LogP contribution in [-0.4, -0.2) is 40.6 Å². The predicted molar refractivity (Wildman–Crippen MR) is 69.4 cm³/mol. The van der Waals surface area contributed by atoms with Crippen LogP contribution in [0.25, 0.3) is 0 Å². The molecule has 0 unspecified atom stereocenters. The minimum absolute atomic E-state index is 0.0716. The standard InChI is InChI=1S/C12H16N2O4S/c1-18-12(15)9-3-2-4-11(7-9)19(16,17)14-10-5-6-13-8-10/h2-4,7,10,13-14H,5-6,8H2,1H3/t10-/m1/s1. The number of hydrogen-bond donors (Lipinski definition) is 2. The molecule has 2 N–H and O–H groups in total. The molecule has 1 aliphatic rings. The molecule has 0 saturated carbocycles. The first-order valence-corrected chi connectivity index (χ1v) is 7.42. The van der Waals surface area contributed by atoms with Gasteiger partial charge in [-0.3, -0.25) is 0 Å². The number of ether oxygens (including phenoxy) is 1. The van der Waals surface area contributed by atoms with Crippen molar-refractivity contribution in [1.82, 2.24) is 10.0 Å². The van der Waals surface area contributed by atoms with Gasteiger partial charge in [-0.1, -0.05) is 6.07 Å². The highest BCUT2D eigenvalue weighted by molar-refractivity contribution is 7.89. The third-order valence-corrected chi connectivity index (χ3v) is 4.47. The first-order chi connectivity index (χ1) is 9.03. The van der Waals surface area contributed by atoms with Gasteiger partial charge in [-0.25, -0.2) is 17.9 Å². The van der Waals surface area contributed by atoms with E-state index in [2.05, 4.69) is 14.8 Å². The van der Waals surface area contributed by atoms with Gasteiger partial charge in [0.1, 0.15) is 0 Å². The van der Waals surface area contributed by atoms with Crippen LogP contribution in [0.2, 0.25) is 0 Å². The van der Waals surface area contributed by atoms with Gasteiger partial charge in [-0.05, 0) is 31.2 Å². The molecule has 1 fully saturated rings. The highest BCUT2D eigenvalue weighted by Crippen LogP contribution is 2.14. The summed E-state index contributed by atoms with van der Waals surface area (Å²) in [6.07, 6.45) is 0.760. The van der Waals surface area contributed by atoms with Crippen molar-refractivity contribution in [2.24, 2.45) is 0 Å². The number of esters is 1. The summed E-state index contributed by atoms with van der Waals surface area (Å²) in [6.45, 7) is 1.42. The lowest BCUT2D eigenvalue weighted by molar-refractivity contribution is 0.0600. The lowest BCUT2D eigenvalue weighted by atomic mass is 10.2. The molecule has 1 aromatic rings. The Morgan fingerprint density at radius 1 is 1.47 bits per heavy atom. The maximum absolute atomic E-state index is 12.2. The van der Waals surface area contributed by atoms with E-state index in [-0.39, 0.29) is 16.5 Å². The van der Waals surface area contributed by atoms with Crippen molar-refractivity contribution in [2.75, 3.05) is 20.2 Å². The number of benzene rings is 1. The van der Waals surface area contributed by atoms with Crippen molar-refractivity contribution in [3.8, 4) is 0 Å². The molecule has 19 heavy (non-hydrogen) atoms. The minimum atomic E-state index is -3.61. The Labute approximate surface area is 112 Å². The summed E-state index contributed by atoms with van der Waals surface area (Å²) in [5.41, 5.74) is 0.218. The lowest BCUT2D eigenvalue weighted by Gasteiger charge is -2.12. The number of nitrogens with one attached hydrogen (secondary N) is 2. The summed E-state index contributed by atoms with van der Waals surface area (Å²) in [6, 6.07) is 5.70. The summed E-state index contributed by atoms with van der Waals surface area (Å²) in [5, 5.41) is 3.08. The summed E-state index contributed by atoms with van der Waals surface area (Å²) in [4.78, 5) is 11.5. The summed E-state index contributed by atoms with van der Waals surface area (Å²) < 4.78 is 31.5. The third-order valence-electron chi connectivity index (χ3n) is 2.95. The molecule has 0 aromatic heterocycles. The lowest BCUT2D eigenvalue weighted by Crippen LogP contribution is -2.36. The third kappa shape index (κ3) is 3.31. The Kier molecular flexibility index (Phi) is 4.18. The van der Waals surface area contributed by atoms with E-state index in [1.807, 2.05) is 0 Å². The van der Waals surface area contributed by atoms with Gasteiger partial charge in [0.05, 0.1) is 17.6 Å². The molecular weight excluding hydrogens is 268 g/mol. The van der Waals surface area contributed by atoms with Crippen LogP contribution >= 0.6 is 0 Å². The van der Waals surface area contributed by atoms with Crippen LogP contribution in [0.4, 0.5) is 0 Å². The molecule has 104 valence electrons. The fourth-order valence-electron chi connectivity index (χ4n) is 1.95. The van der Waals surface area contributed by atoms with Gasteiger partial charge < -0.3 is 10.1 Å². The highest BCUT2D eigenvalue weighted by atomic mass is 32.2. The fourth-order valence-corrected chi connectivity index (χ4v) is 3.27. The molecule has 1 atom stereocenters. The van der Waals surface area contributed by atoms with E-state index in [4.69, 9.17) is 0 Å². The largest absolute Gasteiger partial charge is 0.465 e. The highest BCUT2D eigenvalue weighted by Gasteiger charge is 2.23. The summed E-state index contributed by atoms with van der Waals surface area (Å²) in [5.74, 6) is -0.556. The minimum Gasteiger partial charge on any atom is -0.465 e. The molecule has 1 heterocycles. The Morgan fingerprint density at radius 3 is 2.89 bits per heavy atom. The Hall–Kier alpha value is -1.44. The predicted octanol–water partition coefficient (Wildman–Crippen LogP) is 0.113. The summed E-state index contributed by atoms with van der Waals surface area (Å²) in [7, 11) is -2.35. The van der Waals surface area contributed by atoms with Crippen molar-refractivity contribution in [3.05, 3.63) is 29.8 Å². The normalized spacial score (nSPS) is 19.3. The summed E-state index contributed by atoms with van der Waals surface area (Å²) >= 11 is 0. The second kappa shape index (κ2) is 5.68. The van der Waals surface area contributed by atoms with E-state index in [0.29, 0.717) is 6.54 Å². The van der Waals surface area contributed by atoms with Gasteiger partial charge in [0.2, 0.25) is 10.0 Å². The van der Waals surface area contributed by atoms with Crippen LogP contribution in [-0.2, 0) is 14.8 Å². The first kappa shape index (κ1) is 14.0. The van der Waals surface area contributed by atoms with Gasteiger partial charge in [-0.2, -0.15) is 0 Å². The first-order valence-electron chi connectivity index (χ1n) is 5.94. The molecule has 0 spiro atoms. The molecule has 0 bridgehead atoms. The van der Waals surface area contributed by atoms with Crippen LogP contribution in [0, 0.1) is 0 Å². The quantitative estimate of drug-likeness (QED) is 0.767. The molecule has 1 saturated heterocycles. The number of methoxy groups -OCH3 is 1.